The minimum Gasteiger partial charge on any atom is -0.279 e. The van der Waals surface area contributed by atoms with Crippen LogP contribution in [0.3, 0.4) is 0 Å². The van der Waals surface area contributed by atoms with Crippen LogP contribution >= 0.6 is 0 Å². The molecule has 0 rings (SSSR count). The fraction of sp³-hybridized carbons (Fsp3) is 0.875. The van der Waals surface area contributed by atoms with Gasteiger partial charge < -0.3 is 0 Å². The highest BCUT2D eigenvalue weighted by atomic mass is 15.5. The number of nitrogens with zero attached hydrogens (tertiary/aromatic N) is 5. The largest absolute Gasteiger partial charge is 0.279 e. The molecule has 0 aliphatic carbocycles. The van der Waals surface area contributed by atoms with Crippen LogP contribution in [-0.4, -0.2) is 41.7 Å². The van der Waals surface area contributed by atoms with Gasteiger partial charge in [0.15, 0.2) is 0 Å². The van der Waals surface area contributed by atoms with Crippen LogP contribution < -0.4 is 0 Å². The van der Waals surface area contributed by atoms with Gasteiger partial charge in [-0.15, -0.1) is 0 Å². The van der Waals surface area contributed by atoms with E-state index in [4.69, 9.17) is 0 Å². The second-order valence-corrected chi connectivity index (χ2v) is 6.01. The van der Waals surface area contributed by atoms with E-state index in [1.54, 1.807) is 0 Å². The predicted octanol–water partition coefficient (Wildman–Crippen LogP) is 4.79. The summed E-state index contributed by atoms with van der Waals surface area (Å²) in [5.74, 6) is 0. The lowest BCUT2D eigenvalue weighted by Crippen LogP contribution is -2.19. The lowest BCUT2D eigenvalue weighted by atomic mass is 10.3. The van der Waals surface area contributed by atoms with Crippen molar-refractivity contribution >= 4 is 11.4 Å². The minimum absolute atomic E-state index is 0.144. The number of rotatable bonds is 6. The van der Waals surface area contributed by atoms with Crippen LogP contribution in [0.5, 0.6) is 0 Å². The molecule has 0 spiro atoms. The molecule has 5 nitrogen and oxygen atoms in total. The van der Waals surface area contributed by atoms with Gasteiger partial charge in [0, 0.05) is 24.5 Å². The van der Waals surface area contributed by atoms with E-state index >= 15 is 0 Å². The Balaban J connectivity index is 0. The monoisotopic (exact) mass is 297 g/mol. The van der Waals surface area contributed by atoms with E-state index in [0.717, 1.165) is 17.8 Å². The second kappa shape index (κ2) is 12.5. The summed E-state index contributed by atoms with van der Waals surface area (Å²) in [5.41, 5.74) is 2.20. The summed E-state index contributed by atoms with van der Waals surface area (Å²) in [6.45, 7) is 18.3. The summed E-state index contributed by atoms with van der Waals surface area (Å²) >= 11 is 0. The third kappa shape index (κ3) is 16.7. The highest BCUT2D eigenvalue weighted by Crippen LogP contribution is 2.00. The topological polar surface area (TPSA) is 52.7 Å². The van der Waals surface area contributed by atoms with Crippen LogP contribution in [0.15, 0.2) is 20.3 Å². The van der Waals surface area contributed by atoms with Crippen molar-refractivity contribution in [1.29, 1.82) is 0 Å². The Morgan fingerprint density at radius 3 is 1.57 bits per heavy atom. The Hall–Kier alpha value is -1.26. The maximum absolute atomic E-state index is 4.36. The third-order valence-electron chi connectivity index (χ3n) is 2.35. The minimum atomic E-state index is 0.144. The normalized spacial score (nSPS) is 10.7. The number of hydrogen-bond acceptors (Lipinski definition) is 4. The van der Waals surface area contributed by atoms with Gasteiger partial charge in [-0.2, -0.15) is 5.11 Å². The molecule has 0 unspecified atom stereocenters. The lowest BCUT2D eigenvalue weighted by molar-refractivity contribution is 0.262. The molecule has 0 aromatic carbocycles. The SMILES string of the molecule is CC(C)N=NN(C)C(C)C.CCC(N=C(C)C)N=C(C)C. The highest BCUT2D eigenvalue weighted by Gasteiger charge is 1.98. The van der Waals surface area contributed by atoms with E-state index in [-0.39, 0.29) is 6.17 Å². The van der Waals surface area contributed by atoms with Gasteiger partial charge in [0.1, 0.15) is 6.17 Å². The van der Waals surface area contributed by atoms with Gasteiger partial charge in [0.2, 0.25) is 0 Å². The fourth-order valence-electron chi connectivity index (χ4n) is 1.10. The molecular weight excluding hydrogens is 262 g/mol. The van der Waals surface area contributed by atoms with Crippen LogP contribution in [0.1, 0.15) is 68.7 Å². The van der Waals surface area contributed by atoms with Gasteiger partial charge in [-0.3, -0.25) is 15.0 Å². The fourth-order valence-corrected chi connectivity index (χ4v) is 1.10. The standard InChI is InChI=1S/C9H18N2.C7H17N3/c1-6-9(10-7(2)3)11-8(4)5;1-6(2)8-9-10(5)7(3)4/h9H,6H2,1-5H3;6-7H,1-5H3. The molecule has 0 aromatic rings. The average Bonchev–Trinajstić information content (AvgIpc) is 2.34. The molecule has 0 aliphatic rings. The summed E-state index contributed by atoms with van der Waals surface area (Å²) in [4.78, 5) is 8.73. The van der Waals surface area contributed by atoms with Crippen molar-refractivity contribution in [3.8, 4) is 0 Å². The molecule has 0 saturated heterocycles. The molecule has 0 aromatic heterocycles. The van der Waals surface area contributed by atoms with Crippen LogP contribution in [0.25, 0.3) is 0 Å². The molecule has 0 bridgehead atoms. The van der Waals surface area contributed by atoms with Gasteiger partial charge in [-0.25, -0.2) is 0 Å². The van der Waals surface area contributed by atoms with E-state index in [0.29, 0.717) is 12.1 Å². The van der Waals surface area contributed by atoms with Crippen molar-refractivity contribution in [3.05, 3.63) is 0 Å². The van der Waals surface area contributed by atoms with Gasteiger partial charge >= 0.3 is 0 Å². The highest BCUT2D eigenvalue weighted by molar-refractivity contribution is 5.81. The van der Waals surface area contributed by atoms with Crippen molar-refractivity contribution in [2.75, 3.05) is 7.05 Å². The first kappa shape index (κ1) is 22.0. The molecule has 0 N–H and O–H groups in total. The quantitative estimate of drug-likeness (QED) is 0.395. The summed E-state index contributed by atoms with van der Waals surface area (Å²) < 4.78 is 0. The third-order valence-corrected chi connectivity index (χ3v) is 2.35. The van der Waals surface area contributed by atoms with Gasteiger partial charge in [-0.05, 0) is 61.8 Å². The van der Waals surface area contributed by atoms with Crippen molar-refractivity contribution in [3.63, 3.8) is 0 Å². The Morgan fingerprint density at radius 1 is 0.905 bits per heavy atom. The zero-order valence-corrected chi connectivity index (χ0v) is 15.7. The van der Waals surface area contributed by atoms with E-state index in [1.165, 1.54) is 0 Å². The molecule has 0 atom stereocenters. The second-order valence-electron chi connectivity index (χ2n) is 6.01. The van der Waals surface area contributed by atoms with Crippen LogP contribution in [0.4, 0.5) is 0 Å². The zero-order chi connectivity index (χ0) is 17.0. The van der Waals surface area contributed by atoms with Crippen molar-refractivity contribution < 1.29 is 0 Å². The summed E-state index contributed by atoms with van der Waals surface area (Å²) in [6, 6.07) is 0.726. The summed E-state index contributed by atoms with van der Waals surface area (Å²) in [6.07, 6.45) is 1.13. The smallest absolute Gasteiger partial charge is 0.139 e. The van der Waals surface area contributed by atoms with E-state index in [1.807, 2.05) is 53.6 Å². The van der Waals surface area contributed by atoms with E-state index < -0.39 is 0 Å². The summed E-state index contributed by atoms with van der Waals surface area (Å²) in [5, 5.41) is 9.83. The molecular formula is C16H35N5. The molecule has 21 heavy (non-hydrogen) atoms. The first-order valence-electron chi connectivity index (χ1n) is 7.75. The van der Waals surface area contributed by atoms with Crippen LogP contribution in [0, 0.1) is 0 Å². The number of aliphatic imine (C=N–C) groups is 2. The first-order chi connectivity index (χ1) is 9.59. The lowest BCUT2D eigenvalue weighted by Gasteiger charge is -2.15. The maximum atomic E-state index is 4.36. The summed E-state index contributed by atoms with van der Waals surface area (Å²) in [7, 11) is 1.93. The van der Waals surface area contributed by atoms with Crippen molar-refractivity contribution in [1.82, 2.24) is 5.01 Å². The van der Waals surface area contributed by atoms with Crippen molar-refractivity contribution in [2.24, 2.45) is 20.3 Å². The Bertz CT molecular complexity index is 317. The first-order valence-corrected chi connectivity index (χ1v) is 7.75. The molecule has 0 radical (unpaired) electrons. The van der Waals surface area contributed by atoms with Crippen LogP contribution in [-0.2, 0) is 0 Å². The molecule has 0 heterocycles. The number of hydrogen-bond donors (Lipinski definition) is 0. The predicted molar refractivity (Wildman–Crippen MR) is 94.5 cm³/mol. The Labute approximate surface area is 131 Å². The van der Waals surface area contributed by atoms with Gasteiger partial charge in [0.05, 0.1) is 6.04 Å². The Morgan fingerprint density at radius 2 is 1.33 bits per heavy atom. The average molecular weight is 297 g/mol. The molecule has 124 valence electrons. The van der Waals surface area contributed by atoms with Gasteiger partial charge in [0.25, 0.3) is 0 Å². The van der Waals surface area contributed by atoms with Crippen molar-refractivity contribution in [2.45, 2.75) is 87.0 Å². The zero-order valence-electron chi connectivity index (χ0n) is 15.7. The molecule has 0 fully saturated rings. The van der Waals surface area contributed by atoms with Gasteiger partial charge in [-0.1, -0.05) is 12.1 Å². The molecule has 5 heteroatoms. The maximum Gasteiger partial charge on any atom is 0.139 e. The van der Waals surface area contributed by atoms with E-state index in [2.05, 4.69) is 41.1 Å². The Kier molecular flexibility index (Phi) is 13.1. The molecule has 0 amide bonds. The van der Waals surface area contributed by atoms with E-state index in [9.17, 15) is 0 Å². The van der Waals surface area contributed by atoms with Crippen LogP contribution in [0.2, 0.25) is 0 Å². The molecule has 0 aliphatic heterocycles. The molecule has 0 saturated carbocycles.